The van der Waals surface area contributed by atoms with Crippen LogP contribution in [0.4, 0.5) is 8.78 Å². The van der Waals surface area contributed by atoms with Crippen LogP contribution in [0.3, 0.4) is 0 Å². The van der Waals surface area contributed by atoms with Crippen molar-refractivity contribution in [1.82, 2.24) is 10.3 Å². The third-order valence-corrected chi connectivity index (χ3v) is 4.42. The molecule has 2 aromatic rings. The molecular formula is C15H18F2N2OS. The number of benzene rings is 1. The van der Waals surface area contributed by atoms with Crippen LogP contribution < -0.4 is 5.32 Å². The lowest BCUT2D eigenvalue weighted by Crippen LogP contribution is -2.31. The van der Waals surface area contributed by atoms with Gasteiger partial charge in [0, 0.05) is 17.5 Å². The van der Waals surface area contributed by atoms with Gasteiger partial charge in [0.15, 0.2) is 11.6 Å². The van der Waals surface area contributed by atoms with Gasteiger partial charge in [0.25, 0.3) is 0 Å². The molecule has 2 rings (SSSR count). The number of aryl methyl sites for hydroxylation is 2. The van der Waals surface area contributed by atoms with Crippen LogP contribution in [-0.4, -0.2) is 16.1 Å². The number of hydrogen-bond acceptors (Lipinski definition) is 4. The molecule has 0 aliphatic carbocycles. The maximum atomic E-state index is 13.2. The van der Waals surface area contributed by atoms with Gasteiger partial charge < -0.3 is 10.4 Å². The number of nitrogens with zero attached hydrogens (tertiary/aromatic N) is 1. The topological polar surface area (TPSA) is 45.2 Å². The predicted molar refractivity (Wildman–Crippen MR) is 79.2 cm³/mol. The highest BCUT2D eigenvalue weighted by Crippen LogP contribution is 2.21. The Hall–Kier alpha value is -1.37. The number of nitrogens with one attached hydrogen (secondary N) is 1. The first-order valence-electron chi connectivity index (χ1n) is 6.67. The van der Waals surface area contributed by atoms with E-state index in [0.717, 1.165) is 27.7 Å². The van der Waals surface area contributed by atoms with Crippen molar-refractivity contribution in [2.45, 2.75) is 39.5 Å². The third kappa shape index (κ3) is 3.84. The molecule has 1 aromatic heterocycles. The minimum Gasteiger partial charge on any atom is -0.387 e. The van der Waals surface area contributed by atoms with Crippen molar-refractivity contribution < 1.29 is 13.9 Å². The van der Waals surface area contributed by atoms with E-state index in [1.54, 1.807) is 18.3 Å². The van der Waals surface area contributed by atoms with Crippen molar-refractivity contribution in [3.63, 3.8) is 0 Å². The van der Waals surface area contributed by atoms with Crippen LogP contribution in [-0.2, 0) is 6.54 Å². The van der Waals surface area contributed by atoms with Gasteiger partial charge >= 0.3 is 0 Å². The summed E-state index contributed by atoms with van der Waals surface area (Å²) in [5.41, 5.74) is 1.32. The monoisotopic (exact) mass is 312 g/mol. The fourth-order valence-corrected chi connectivity index (χ4v) is 2.98. The van der Waals surface area contributed by atoms with E-state index in [1.165, 1.54) is 6.07 Å². The summed E-state index contributed by atoms with van der Waals surface area (Å²) in [7, 11) is 0. The average molecular weight is 312 g/mol. The second-order valence-corrected chi connectivity index (χ2v) is 6.32. The van der Waals surface area contributed by atoms with Crippen LogP contribution in [0, 0.1) is 25.5 Å². The van der Waals surface area contributed by atoms with Gasteiger partial charge in [-0.3, -0.25) is 0 Å². The molecule has 3 nitrogen and oxygen atoms in total. The summed E-state index contributed by atoms with van der Waals surface area (Å²) >= 11 is 1.60. The van der Waals surface area contributed by atoms with Gasteiger partial charge in [0.2, 0.25) is 0 Å². The van der Waals surface area contributed by atoms with Gasteiger partial charge in [0.1, 0.15) is 0 Å². The van der Waals surface area contributed by atoms with E-state index in [-0.39, 0.29) is 6.04 Å². The Morgan fingerprint density at radius 2 is 2.00 bits per heavy atom. The summed E-state index contributed by atoms with van der Waals surface area (Å²) in [6.07, 6.45) is -0.908. The average Bonchev–Trinajstić information content (AvgIpc) is 2.76. The zero-order valence-corrected chi connectivity index (χ0v) is 13.0. The minimum absolute atomic E-state index is 0.295. The van der Waals surface area contributed by atoms with Gasteiger partial charge in [-0.05, 0) is 38.5 Å². The Morgan fingerprint density at radius 3 is 2.57 bits per heavy atom. The van der Waals surface area contributed by atoms with Crippen LogP contribution >= 0.6 is 11.3 Å². The van der Waals surface area contributed by atoms with Crippen LogP contribution in [0.2, 0.25) is 0 Å². The number of aliphatic hydroxyl groups is 1. The van der Waals surface area contributed by atoms with E-state index in [0.29, 0.717) is 12.1 Å². The molecule has 0 aliphatic heterocycles. The number of aromatic nitrogens is 1. The van der Waals surface area contributed by atoms with Crippen LogP contribution in [0.1, 0.15) is 34.2 Å². The van der Waals surface area contributed by atoms with E-state index in [1.807, 2.05) is 13.8 Å². The number of aliphatic hydroxyl groups excluding tert-OH is 1. The van der Waals surface area contributed by atoms with E-state index < -0.39 is 17.7 Å². The van der Waals surface area contributed by atoms with E-state index in [4.69, 9.17) is 0 Å². The van der Waals surface area contributed by atoms with Crippen LogP contribution in [0.15, 0.2) is 18.2 Å². The summed E-state index contributed by atoms with van der Waals surface area (Å²) in [5.74, 6) is -1.87. The fourth-order valence-electron chi connectivity index (χ4n) is 2.09. The molecule has 2 N–H and O–H groups in total. The van der Waals surface area contributed by atoms with Gasteiger partial charge in [0.05, 0.1) is 16.8 Å². The second kappa shape index (κ2) is 6.60. The van der Waals surface area contributed by atoms with E-state index in [9.17, 15) is 13.9 Å². The van der Waals surface area contributed by atoms with Gasteiger partial charge in [-0.1, -0.05) is 6.07 Å². The molecule has 0 saturated carbocycles. The largest absolute Gasteiger partial charge is 0.387 e. The molecular weight excluding hydrogens is 294 g/mol. The quantitative estimate of drug-likeness (QED) is 0.891. The van der Waals surface area contributed by atoms with Crippen molar-refractivity contribution in [2.24, 2.45) is 0 Å². The van der Waals surface area contributed by atoms with Crippen LogP contribution in [0.25, 0.3) is 0 Å². The smallest absolute Gasteiger partial charge is 0.159 e. The summed E-state index contributed by atoms with van der Waals surface area (Å²) in [4.78, 5) is 5.45. The Balaban J connectivity index is 2.00. The zero-order valence-electron chi connectivity index (χ0n) is 12.2. The lowest BCUT2D eigenvalue weighted by Gasteiger charge is -2.20. The third-order valence-electron chi connectivity index (χ3n) is 3.34. The molecule has 0 bridgehead atoms. The fraction of sp³-hybridized carbons (Fsp3) is 0.400. The first-order chi connectivity index (χ1) is 9.88. The van der Waals surface area contributed by atoms with E-state index >= 15 is 0 Å². The number of hydrogen-bond donors (Lipinski definition) is 2. The Morgan fingerprint density at radius 1 is 1.29 bits per heavy atom. The molecule has 1 aromatic carbocycles. The summed E-state index contributed by atoms with van der Waals surface area (Å²) in [5, 5.41) is 14.4. The summed E-state index contributed by atoms with van der Waals surface area (Å²) in [6.45, 7) is 6.27. The highest BCUT2D eigenvalue weighted by atomic mass is 32.1. The maximum Gasteiger partial charge on any atom is 0.159 e. The molecule has 6 heteroatoms. The molecule has 0 amide bonds. The summed E-state index contributed by atoms with van der Waals surface area (Å²) < 4.78 is 26.1. The highest BCUT2D eigenvalue weighted by Gasteiger charge is 2.18. The zero-order chi connectivity index (χ0) is 15.6. The van der Waals surface area contributed by atoms with Gasteiger partial charge in [-0.15, -0.1) is 11.3 Å². The first-order valence-corrected chi connectivity index (χ1v) is 7.49. The standard InChI is InChI=1S/C15H18F2N2OS/c1-8-14(21-10(3)19-8)7-18-9(2)15(20)11-4-5-12(16)13(17)6-11/h4-6,9,15,18,20H,7H2,1-3H3. The van der Waals surface area contributed by atoms with Crippen molar-refractivity contribution in [3.8, 4) is 0 Å². The van der Waals surface area contributed by atoms with Crippen molar-refractivity contribution in [2.75, 3.05) is 0 Å². The molecule has 0 radical (unpaired) electrons. The number of rotatable bonds is 5. The normalized spacial score (nSPS) is 14.2. The summed E-state index contributed by atoms with van der Waals surface area (Å²) in [6, 6.07) is 3.15. The van der Waals surface area contributed by atoms with Crippen molar-refractivity contribution in [3.05, 3.63) is 51.0 Å². The molecule has 2 atom stereocenters. The molecule has 0 saturated heterocycles. The molecule has 1 heterocycles. The van der Waals surface area contributed by atoms with Crippen molar-refractivity contribution in [1.29, 1.82) is 0 Å². The Kier molecular flexibility index (Phi) is 5.03. The van der Waals surface area contributed by atoms with Crippen molar-refractivity contribution >= 4 is 11.3 Å². The highest BCUT2D eigenvalue weighted by molar-refractivity contribution is 7.11. The number of thiazole rings is 1. The minimum atomic E-state index is -0.951. The molecule has 0 aliphatic rings. The number of halogens is 2. The molecule has 0 fully saturated rings. The predicted octanol–water partition coefficient (Wildman–Crippen LogP) is 3.25. The maximum absolute atomic E-state index is 13.2. The molecule has 114 valence electrons. The first kappa shape index (κ1) is 16.0. The van der Waals surface area contributed by atoms with E-state index in [2.05, 4.69) is 10.3 Å². The molecule has 0 spiro atoms. The van der Waals surface area contributed by atoms with Gasteiger partial charge in [-0.2, -0.15) is 0 Å². The SMILES string of the molecule is Cc1nc(C)c(CNC(C)C(O)c2ccc(F)c(F)c2)s1. The molecule has 2 unspecified atom stereocenters. The molecule has 21 heavy (non-hydrogen) atoms. The lowest BCUT2D eigenvalue weighted by molar-refractivity contribution is 0.135. The van der Waals surface area contributed by atoms with Gasteiger partial charge in [-0.25, -0.2) is 13.8 Å². The Labute approximate surface area is 126 Å². The second-order valence-electron chi connectivity index (χ2n) is 5.03. The Bertz CT molecular complexity index is 630. The lowest BCUT2D eigenvalue weighted by atomic mass is 10.0. The van der Waals surface area contributed by atoms with Crippen LogP contribution in [0.5, 0.6) is 0 Å².